The molecule has 0 radical (unpaired) electrons. The number of thioether (sulfide) groups is 1. The van der Waals surface area contributed by atoms with Gasteiger partial charge in [0.05, 0.1) is 30.8 Å². The van der Waals surface area contributed by atoms with Gasteiger partial charge in [0.2, 0.25) is 5.88 Å². The SMILES string of the molecule is COc1cnc(C(=O)Cc2ccc(F)c([C@]3(C)CSCC(N)=N3)c2)cn1. The molecule has 0 saturated heterocycles. The second-order valence-corrected chi connectivity index (χ2v) is 7.21. The van der Waals surface area contributed by atoms with Crippen molar-refractivity contribution in [2.75, 3.05) is 18.6 Å². The fraction of sp³-hybridized carbons (Fsp3) is 0.333. The van der Waals surface area contributed by atoms with Crippen molar-refractivity contribution in [3.63, 3.8) is 0 Å². The van der Waals surface area contributed by atoms with E-state index in [1.54, 1.807) is 23.9 Å². The molecule has 0 bridgehead atoms. The van der Waals surface area contributed by atoms with Crippen LogP contribution in [0.2, 0.25) is 0 Å². The summed E-state index contributed by atoms with van der Waals surface area (Å²) in [6, 6.07) is 4.65. The topological polar surface area (TPSA) is 90.5 Å². The number of halogens is 1. The van der Waals surface area contributed by atoms with E-state index in [0.29, 0.717) is 34.3 Å². The summed E-state index contributed by atoms with van der Waals surface area (Å²) in [5.41, 5.74) is 6.47. The fourth-order valence-corrected chi connectivity index (χ4v) is 3.80. The largest absolute Gasteiger partial charge is 0.480 e. The molecule has 1 aliphatic rings. The van der Waals surface area contributed by atoms with E-state index in [4.69, 9.17) is 10.5 Å². The van der Waals surface area contributed by atoms with Crippen LogP contribution in [0.15, 0.2) is 35.6 Å². The molecule has 0 unspecified atom stereocenters. The number of amidine groups is 1. The Morgan fingerprint density at radius 1 is 1.38 bits per heavy atom. The van der Waals surface area contributed by atoms with Gasteiger partial charge in [-0.15, -0.1) is 0 Å². The zero-order valence-corrected chi connectivity index (χ0v) is 15.3. The smallest absolute Gasteiger partial charge is 0.232 e. The maximum Gasteiger partial charge on any atom is 0.232 e. The minimum Gasteiger partial charge on any atom is -0.480 e. The zero-order chi connectivity index (χ0) is 18.7. The van der Waals surface area contributed by atoms with E-state index in [2.05, 4.69) is 15.0 Å². The normalized spacial score (nSPS) is 19.7. The van der Waals surface area contributed by atoms with Crippen LogP contribution in [0.3, 0.4) is 0 Å². The molecule has 0 aliphatic carbocycles. The lowest BCUT2D eigenvalue weighted by Crippen LogP contribution is -2.34. The van der Waals surface area contributed by atoms with Crippen LogP contribution >= 0.6 is 11.8 Å². The first-order chi connectivity index (χ1) is 12.4. The summed E-state index contributed by atoms with van der Waals surface area (Å²) >= 11 is 1.61. The summed E-state index contributed by atoms with van der Waals surface area (Å²) in [5.74, 6) is 1.55. The minimum atomic E-state index is -0.740. The van der Waals surface area contributed by atoms with E-state index >= 15 is 0 Å². The van der Waals surface area contributed by atoms with Crippen molar-refractivity contribution < 1.29 is 13.9 Å². The summed E-state index contributed by atoms with van der Waals surface area (Å²) in [7, 11) is 1.48. The Bertz CT molecular complexity index is 857. The molecule has 0 fully saturated rings. The first-order valence-corrected chi connectivity index (χ1v) is 9.17. The number of methoxy groups -OCH3 is 1. The lowest BCUT2D eigenvalue weighted by molar-refractivity contribution is 0.0987. The molecule has 1 atom stereocenters. The number of carbonyl (C=O) groups excluding carboxylic acids is 1. The van der Waals surface area contributed by atoms with Crippen LogP contribution in [0.5, 0.6) is 5.88 Å². The molecule has 0 amide bonds. The predicted octanol–water partition coefficient (Wildman–Crippen LogP) is 2.37. The zero-order valence-electron chi connectivity index (χ0n) is 14.5. The van der Waals surface area contributed by atoms with Crippen molar-refractivity contribution in [1.29, 1.82) is 0 Å². The van der Waals surface area contributed by atoms with Crippen molar-refractivity contribution >= 4 is 23.4 Å². The van der Waals surface area contributed by atoms with Gasteiger partial charge in [-0.05, 0) is 24.6 Å². The van der Waals surface area contributed by atoms with Crippen molar-refractivity contribution in [2.24, 2.45) is 10.7 Å². The Hall–Kier alpha value is -2.48. The predicted molar refractivity (Wildman–Crippen MR) is 99.3 cm³/mol. The number of Topliss-reactive ketones (excluding diaryl/α,β-unsaturated/α-hetero) is 1. The maximum absolute atomic E-state index is 14.4. The number of ether oxygens (including phenoxy) is 1. The molecule has 1 aromatic heterocycles. The maximum atomic E-state index is 14.4. The quantitative estimate of drug-likeness (QED) is 0.808. The number of rotatable bonds is 5. The second-order valence-electron chi connectivity index (χ2n) is 6.23. The van der Waals surface area contributed by atoms with Crippen LogP contribution in [0.4, 0.5) is 4.39 Å². The van der Waals surface area contributed by atoms with E-state index in [9.17, 15) is 9.18 Å². The highest BCUT2D eigenvalue weighted by molar-refractivity contribution is 8.00. The average molecular weight is 374 g/mol. The molecule has 2 aromatic rings. The van der Waals surface area contributed by atoms with Crippen LogP contribution in [0, 0.1) is 5.82 Å². The van der Waals surface area contributed by atoms with Gasteiger partial charge in [0.1, 0.15) is 17.3 Å². The van der Waals surface area contributed by atoms with Gasteiger partial charge in [-0.2, -0.15) is 11.8 Å². The molecule has 136 valence electrons. The van der Waals surface area contributed by atoms with Crippen LogP contribution in [0.25, 0.3) is 0 Å². The van der Waals surface area contributed by atoms with Crippen LogP contribution in [-0.2, 0) is 12.0 Å². The van der Waals surface area contributed by atoms with Crippen molar-refractivity contribution in [2.45, 2.75) is 18.9 Å². The molecule has 8 heteroatoms. The van der Waals surface area contributed by atoms with Gasteiger partial charge >= 0.3 is 0 Å². The third kappa shape index (κ3) is 3.85. The van der Waals surface area contributed by atoms with Crippen molar-refractivity contribution in [3.05, 3.63) is 53.2 Å². The lowest BCUT2D eigenvalue weighted by Gasteiger charge is -2.30. The lowest BCUT2D eigenvalue weighted by atomic mass is 9.91. The number of hydrogen-bond donors (Lipinski definition) is 1. The Morgan fingerprint density at radius 3 is 2.85 bits per heavy atom. The molecule has 1 aromatic carbocycles. The summed E-state index contributed by atoms with van der Waals surface area (Å²) in [6.07, 6.45) is 2.85. The molecule has 2 N–H and O–H groups in total. The second kappa shape index (κ2) is 7.41. The highest BCUT2D eigenvalue weighted by atomic mass is 32.2. The van der Waals surface area contributed by atoms with Crippen LogP contribution in [0.1, 0.15) is 28.5 Å². The Balaban J connectivity index is 1.85. The fourth-order valence-electron chi connectivity index (χ4n) is 2.81. The highest BCUT2D eigenvalue weighted by Gasteiger charge is 2.32. The standard InChI is InChI=1S/C18H19FN4O2S/c1-18(10-26-9-16(20)23-18)12-5-11(3-4-13(12)19)6-15(24)14-7-22-17(25-2)8-21-14/h3-5,7-8H,6,9-10H2,1-2H3,(H2,20,23)/t18-/m0/s1. The van der Waals surface area contributed by atoms with E-state index in [1.165, 1.54) is 25.6 Å². The van der Waals surface area contributed by atoms with Gasteiger partial charge in [0, 0.05) is 17.7 Å². The summed E-state index contributed by atoms with van der Waals surface area (Å²) < 4.78 is 19.4. The molecule has 3 rings (SSSR count). The number of hydrogen-bond acceptors (Lipinski definition) is 7. The third-order valence-electron chi connectivity index (χ3n) is 4.12. The molecule has 0 spiro atoms. The van der Waals surface area contributed by atoms with Gasteiger partial charge in [-0.25, -0.2) is 14.4 Å². The molecule has 1 aliphatic heterocycles. The number of carbonyl (C=O) groups is 1. The summed E-state index contributed by atoms with van der Waals surface area (Å²) in [4.78, 5) is 24.9. The number of nitrogens with two attached hydrogens (primary N) is 1. The molecule has 2 heterocycles. The van der Waals surface area contributed by atoms with E-state index < -0.39 is 5.54 Å². The third-order valence-corrected chi connectivity index (χ3v) is 5.39. The molecular weight excluding hydrogens is 355 g/mol. The number of benzene rings is 1. The Morgan fingerprint density at radius 2 is 2.19 bits per heavy atom. The van der Waals surface area contributed by atoms with Gasteiger partial charge in [-0.3, -0.25) is 9.79 Å². The van der Waals surface area contributed by atoms with Gasteiger partial charge < -0.3 is 10.5 Å². The first-order valence-electron chi connectivity index (χ1n) is 8.01. The van der Waals surface area contributed by atoms with Gasteiger partial charge in [-0.1, -0.05) is 6.07 Å². The number of ketones is 1. The summed E-state index contributed by atoms with van der Waals surface area (Å²) in [6.45, 7) is 1.85. The number of aliphatic imine (C=N–C) groups is 1. The highest BCUT2D eigenvalue weighted by Crippen LogP contribution is 2.35. The molecule has 6 nitrogen and oxygen atoms in total. The van der Waals surface area contributed by atoms with Crippen molar-refractivity contribution in [3.8, 4) is 5.88 Å². The van der Waals surface area contributed by atoms with Gasteiger partial charge in [0.25, 0.3) is 0 Å². The Kier molecular flexibility index (Phi) is 5.22. The van der Waals surface area contributed by atoms with Gasteiger partial charge in [0.15, 0.2) is 5.78 Å². The monoisotopic (exact) mass is 374 g/mol. The van der Waals surface area contributed by atoms with E-state index in [1.807, 2.05) is 6.92 Å². The first kappa shape index (κ1) is 18.3. The molecule has 26 heavy (non-hydrogen) atoms. The summed E-state index contributed by atoms with van der Waals surface area (Å²) in [5, 5.41) is 0. The van der Waals surface area contributed by atoms with Crippen LogP contribution < -0.4 is 10.5 Å². The minimum absolute atomic E-state index is 0.0940. The number of nitrogens with zero attached hydrogens (tertiary/aromatic N) is 3. The number of aromatic nitrogens is 2. The van der Waals surface area contributed by atoms with Crippen LogP contribution in [-0.4, -0.2) is 40.2 Å². The molecular formula is C18H19FN4O2S. The average Bonchev–Trinajstić information content (AvgIpc) is 2.63. The molecule has 0 saturated carbocycles. The van der Waals surface area contributed by atoms with Crippen molar-refractivity contribution in [1.82, 2.24) is 9.97 Å². The van der Waals surface area contributed by atoms with E-state index in [0.717, 1.165) is 0 Å². The Labute approximate surface area is 155 Å². The van der Waals surface area contributed by atoms with E-state index in [-0.39, 0.29) is 23.7 Å².